The molecule has 0 radical (unpaired) electrons. The molecule has 1 aliphatic rings. The SMILES string of the molecule is C/C=C\N=C(/C(C)C)n1cc(C(=O)O)c(=O)c2c(C)cc(N3CCC(C(=O)NCCNSC)C3)nc21. The van der Waals surface area contributed by atoms with E-state index in [2.05, 4.69) is 15.0 Å². The van der Waals surface area contributed by atoms with Gasteiger partial charge in [-0.15, -0.1) is 0 Å². The second kappa shape index (κ2) is 12.2. The third-order valence-electron chi connectivity index (χ3n) is 6.05. The number of hydrogen-bond donors (Lipinski definition) is 3. The molecule has 1 saturated heterocycles. The van der Waals surface area contributed by atoms with Crippen LogP contribution in [0.5, 0.6) is 0 Å². The largest absolute Gasteiger partial charge is 0.477 e. The molecule has 10 nitrogen and oxygen atoms in total. The molecule has 1 amide bonds. The highest BCUT2D eigenvalue weighted by atomic mass is 32.2. The van der Waals surface area contributed by atoms with Gasteiger partial charge in [0.25, 0.3) is 0 Å². The zero-order chi connectivity index (χ0) is 26.4. The lowest BCUT2D eigenvalue weighted by atomic mass is 10.1. The molecule has 2 aromatic heterocycles. The number of aromatic carboxylic acids is 1. The number of nitrogens with zero attached hydrogens (tertiary/aromatic N) is 4. The summed E-state index contributed by atoms with van der Waals surface area (Å²) >= 11 is 1.51. The van der Waals surface area contributed by atoms with Gasteiger partial charge in [0.05, 0.1) is 11.3 Å². The molecule has 1 aliphatic heterocycles. The second-order valence-corrected chi connectivity index (χ2v) is 9.69. The Labute approximate surface area is 215 Å². The number of hydrogen-bond acceptors (Lipinski definition) is 8. The summed E-state index contributed by atoms with van der Waals surface area (Å²) in [5.74, 6) is -0.293. The topological polar surface area (TPSA) is 129 Å². The number of carboxylic acid groups (broad SMARTS) is 1. The van der Waals surface area contributed by atoms with E-state index < -0.39 is 11.4 Å². The van der Waals surface area contributed by atoms with Gasteiger partial charge in [0, 0.05) is 44.5 Å². The van der Waals surface area contributed by atoms with Crippen molar-refractivity contribution in [2.24, 2.45) is 16.8 Å². The van der Waals surface area contributed by atoms with Gasteiger partial charge in [-0.25, -0.2) is 14.8 Å². The van der Waals surface area contributed by atoms with Gasteiger partial charge >= 0.3 is 5.97 Å². The van der Waals surface area contributed by atoms with Crippen LogP contribution in [0.15, 0.2) is 34.3 Å². The predicted octanol–water partition coefficient (Wildman–Crippen LogP) is 2.65. The van der Waals surface area contributed by atoms with Crippen molar-refractivity contribution in [3.63, 3.8) is 0 Å². The summed E-state index contributed by atoms with van der Waals surface area (Å²) in [6, 6.07) is 1.79. The summed E-state index contributed by atoms with van der Waals surface area (Å²) in [7, 11) is 0. The lowest BCUT2D eigenvalue weighted by Crippen LogP contribution is -2.36. The van der Waals surface area contributed by atoms with Crippen molar-refractivity contribution in [3.05, 3.63) is 45.9 Å². The molecule has 2 aromatic rings. The molecule has 1 atom stereocenters. The van der Waals surface area contributed by atoms with Crippen LogP contribution in [-0.4, -0.2) is 64.8 Å². The van der Waals surface area contributed by atoms with Crippen LogP contribution in [0.3, 0.4) is 0 Å². The number of carbonyl (C=O) groups excluding carboxylic acids is 1. The third kappa shape index (κ3) is 5.96. The fourth-order valence-corrected chi connectivity index (χ4v) is 4.58. The van der Waals surface area contributed by atoms with E-state index in [-0.39, 0.29) is 28.7 Å². The monoisotopic (exact) mass is 514 g/mol. The number of fused-ring (bicyclic) bond motifs is 1. The van der Waals surface area contributed by atoms with E-state index in [1.165, 1.54) is 18.1 Å². The first-order chi connectivity index (χ1) is 17.2. The van der Waals surface area contributed by atoms with Crippen molar-refractivity contribution < 1.29 is 14.7 Å². The molecule has 0 bridgehead atoms. The molecule has 3 N–H and O–H groups in total. The molecular weight excluding hydrogens is 480 g/mol. The van der Waals surface area contributed by atoms with Crippen LogP contribution in [0.25, 0.3) is 11.0 Å². The van der Waals surface area contributed by atoms with E-state index in [1.54, 1.807) is 29.8 Å². The summed E-state index contributed by atoms with van der Waals surface area (Å²) in [4.78, 5) is 49.0. The van der Waals surface area contributed by atoms with Gasteiger partial charge in [-0.1, -0.05) is 31.9 Å². The van der Waals surface area contributed by atoms with Crippen molar-refractivity contribution >= 4 is 46.5 Å². The maximum Gasteiger partial charge on any atom is 0.341 e. The van der Waals surface area contributed by atoms with Gasteiger partial charge in [-0.2, -0.15) is 0 Å². The Kier molecular flexibility index (Phi) is 9.27. The average Bonchev–Trinajstić information content (AvgIpc) is 3.33. The fraction of sp³-hybridized carbons (Fsp3) is 0.480. The van der Waals surface area contributed by atoms with Crippen molar-refractivity contribution in [3.8, 4) is 0 Å². The number of amides is 1. The van der Waals surface area contributed by atoms with Crippen LogP contribution in [0, 0.1) is 18.8 Å². The maximum atomic E-state index is 13.1. The fourth-order valence-electron chi connectivity index (χ4n) is 4.27. The molecule has 11 heteroatoms. The number of aryl methyl sites for hydroxylation is 1. The number of anilines is 1. The average molecular weight is 515 g/mol. The molecule has 0 aromatic carbocycles. The zero-order valence-corrected chi connectivity index (χ0v) is 22.2. The van der Waals surface area contributed by atoms with Gasteiger partial charge < -0.3 is 15.3 Å². The molecule has 3 rings (SSSR count). The Bertz CT molecular complexity index is 1250. The van der Waals surface area contributed by atoms with Crippen LogP contribution >= 0.6 is 11.9 Å². The third-order valence-corrected chi connectivity index (χ3v) is 6.54. The summed E-state index contributed by atoms with van der Waals surface area (Å²) in [6.45, 7) is 9.93. The minimum absolute atomic E-state index is 0.0153. The van der Waals surface area contributed by atoms with Gasteiger partial charge in [0.15, 0.2) is 5.65 Å². The van der Waals surface area contributed by atoms with Gasteiger partial charge in [0.2, 0.25) is 11.3 Å². The predicted molar refractivity (Wildman–Crippen MR) is 145 cm³/mol. The molecule has 0 spiro atoms. The Morgan fingerprint density at radius 1 is 1.36 bits per heavy atom. The first-order valence-corrected chi connectivity index (χ1v) is 13.2. The van der Waals surface area contributed by atoms with Crippen molar-refractivity contribution in [2.45, 2.75) is 34.1 Å². The van der Waals surface area contributed by atoms with Crippen molar-refractivity contribution in [1.82, 2.24) is 19.6 Å². The molecule has 1 unspecified atom stereocenters. The van der Waals surface area contributed by atoms with E-state index in [0.717, 1.165) is 0 Å². The Morgan fingerprint density at radius 2 is 2.11 bits per heavy atom. The number of carbonyl (C=O) groups is 2. The first kappa shape index (κ1) is 27.4. The van der Waals surface area contributed by atoms with Gasteiger partial charge in [-0.05, 0) is 38.2 Å². The highest BCUT2D eigenvalue weighted by molar-refractivity contribution is 7.96. The standard InChI is InChI=1S/C25H34N6O4S/c1-6-8-26-22(15(2)3)31-14-18(25(34)35)21(32)20-16(4)12-19(29-23(20)31)30-11-7-17(13-30)24(33)27-9-10-28-36-5/h6,8,12,14-15,17,28H,7,9-11,13H2,1-5H3,(H,27,33)(H,34,35)/b8-6-,26-22+. The van der Waals surface area contributed by atoms with Gasteiger partial charge in [-0.3, -0.25) is 18.9 Å². The van der Waals surface area contributed by atoms with Crippen LogP contribution in [0.2, 0.25) is 0 Å². The zero-order valence-electron chi connectivity index (χ0n) is 21.4. The van der Waals surface area contributed by atoms with E-state index in [0.29, 0.717) is 55.5 Å². The van der Waals surface area contributed by atoms with Crippen LogP contribution < -0.4 is 20.4 Å². The molecule has 194 valence electrons. The van der Waals surface area contributed by atoms with Crippen molar-refractivity contribution in [1.29, 1.82) is 0 Å². The number of aromatic nitrogens is 2. The summed E-state index contributed by atoms with van der Waals surface area (Å²) in [5.41, 5.74) is 0.0786. The normalized spacial score (nSPS) is 16.4. The molecule has 0 saturated carbocycles. The maximum absolute atomic E-state index is 13.1. The summed E-state index contributed by atoms with van der Waals surface area (Å²) in [6.07, 6.45) is 7.37. The van der Waals surface area contributed by atoms with E-state index in [1.807, 2.05) is 31.9 Å². The highest BCUT2D eigenvalue weighted by Crippen LogP contribution is 2.27. The number of carboxylic acids is 1. The molecule has 3 heterocycles. The lowest BCUT2D eigenvalue weighted by molar-refractivity contribution is -0.124. The lowest BCUT2D eigenvalue weighted by Gasteiger charge is -2.22. The molecular formula is C25H34N6O4S. The van der Waals surface area contributed by atoms with Crippen LogP contribution in [0.4, 0.5) is 5.82 Å². The number of aliphatic imine (C=N–C) groups is 1. The number of nitrogens with one attached hydrogen (secondary N) is 2. The minimum atomic E-state index is -1.30. The number of allylic oxidation sites excluding steroid dienone is 1. The molecule has 0 aliphatic carbocycles. The van der Waals surface area contributed by atoms with E-state index in [4.69, 9.17) is 4.98 Å². The number of rotatable bonds is 9. The van der Waals surface area contributed by atoms with Crippen molar-refractivity contribution in [2.75, 3.05) is 37.3 Å². The smallest absolute Gasteiger partial charge is 0.341 e. The Balaban J connectivity index is 2.05. The van der Waals surface area contributed by atoms with Crippen LogP contribution in [-0.2, 0) is 4.79 Å². The summed E-state index contributed by atoms with van der Waals surface area (Å²) in [5, 5.41) is 12.9. The second-order valence-electron chi connectivity index (χ2n) is 8.99. The highest BCUT2D eigenvalue weighted by Gasteiger charge is 2.30. The first-order valence-electron chi connectivity index (χ1n) is 12.0. The number of pyridine rings is 2. The van der Waals surface area contributed by atoms with E-state index >= 15 is 0 Å². The Morgan fingerprint density at radius 3 is 2.75 bits per heavy atom. The minimum Gasteiger partial charge on any atom is -0.477 e. The van der Waals surface area contributed by atoms with Gasteiger partial charge in [0.1, 0.15) is 17.2 Å². The molecule has 1 fully saturated rings. The summed E-state index contributed by atoms with van der Waals surface area (Å²) < 4.78 is 4.72. The molecule has 36 heavy (non-hydrogen) atoms. The Hall–Kier alpha value is -3.18. The van der Waals surface area contributed by atoms with Crippen LogP contribution in [0.1, 0.15) is 43.1 Å². The quantitative estimate of drug-likeness (QED) is 0.202. The van der Waals surface area contributed by atoms with E-state index in [9.17, 15) is 19.5 Å².